The molecule has 0 aromatic rings. The average molecular weight is 217 g/mol. The Balaban J connectivity index is 2.01. The van der Waals surface area contributed by atoms with Crippen molar-refractivity contribution in [1.82, 2.24) is 5.32 Å². The summed E-state index contributed by atoms with van der Waals surface area (Å²) < 4.78 is 5.41. The maximum atomic E-state index is 10.9. The van der Waals surface area contributed by atoms with E-state index in [0.717, 1.165) is 25.2 Å². The van der Waals surface area contributed by atoms with Crippen molar-refractivity contribution >= 4 is 17.7 Å². The van der Waals surface area contributed by atoms with Crippen LogP contribution in [0.3, 0.4) is 0 Å². The van der Waals surface area contributed by atoms with E-state index in [4.69, 9.17) is 9.84 Å². The molecule has 0 saturated carbocycles. The molecule has 2 rings (SSSR count). The minimum absolute atomic E-state index is 0.125. The van der Waals surface area contributed by atoms with Gasteiger partial charge in [-0.05, 0) is 25.0 Å². The number of carboxylic acid groups (broad SMARTS) is 1. The Bertz CT molecular complexity index is 223. The Morgan fingerprint density at radius 2 is 2.50 bits per heavy atom. The summed E-state index contributed by atoms with van der Waals surface area (Å²) in [5, 5.41) is 12.1. The first-order chi connectivity index (χ1) is 6.72. The summed E-state index contributed by atoms with van der Waals surface area (Å²) >= 11 is 1.81. The van der Waals surface area contributed by atoms with Crippen LogP contribution in [-0.4, -0.2) is 41.0 Å². The first kappa shape index (κ1) is 10.3. The lowest BCUT2D eigenvalue weighted by Gasteiger charge is -2.42. The molecule has 0 aliphatic carbocycles. The molecule has 0 aromatic heterocycles. The van der Waals surface area contributed by atoms with Gasteiger partial charge in [0.2, 0.25) is 0 Å². The molecule has 5 heteroatoms. The van der Waals surface area contributed by atoms with Gasteiger partial charge < -0.3 is 9.84 Å². The highest BCUT2D eigenvalue weighted by Crippen LogP contribution is 2.35. The number of hydrogen-bond acceptors (Lipinski definition) is 4. The van der Waals surface area contributed by atoms with Crippen molar-refractivity contribution < 1.29 is 14.6 Å². The van der Waals surface area contributed by atoms with Gasteiger partial charge in [-0.25, -0.2) is 0 Å². The molecule has 80 valence electrons. The van der Waals surface area contributed by atoms with E-state index in [1.165, 1.54) is 0 Å². The molecule has 4 nitrogen and oxygen atoms in total. The van der Waals surface area contributed by atoms with E-state index in [2.05, 4.69) is 5.32 Å². The van der Waals surface area contributed by atoms with E-state index in [1.54, 1.807) is 0 Å². The highest BCUT2D eigenvalue weighted by Gasteiger charge is 2.40. The molecule has 2 unspecified atom stereocenters. The van der Waals surface area contributed by atoms with Gasteiger partial charge in [0.1, 0.15) is 6.04 Å². The molecule has 1 spiro atoms. The molecular formula is C9H15NO3S. The molecule has 14 heavy (non-hydrogen) atoms. The zero-order valence-electron chi connectivity index (χ0n) is 7.99. The molecule has 2 saturated heterocycles. The van der Waals surface area contributed by atoms with Gasteiger partial charge in [0.15, 0.2) is 0 Å². The average Bonchev–Trinajstić information content (AvgIpc) is 2.19. The van der Waals surface area contributed by atoms with E-state index in [1.807, 2.05) is 11.8 Å². The van der Waals surface area contributed by atoms with E-state index in [9.17, 15) is 4.79 Å². The van der Waals surface area contributed by atoms with Crippen molar-refractivity contribution in [3.8, 4) is 0 Å². The Morgan fingerprint density at radius 1 is 1.64 bits per heavy atom. The molecule has 0 bridgehead atoms. The second-order valence-electron chi connectivity index (χ2n) is 3.82. The SMILES string of the molecule is O=C(O)C1CCSC2(CCCOC2)N1. The van der Waals surface area contributed by atoms with Crippen LogP contribution in [0.15, 0.2) is 0 Å². The minimum atomic E-state index is -0.741. The Morgan fingerprint density at radius 3 is 3.14 bits per heavy atom. The van der Waals surface area contributed by atoms with Gasteiger partial charge in [0, 0.05) is 6.61 Å². The third kappa shape index (κ3) is 2.04. The normalized spacial score (nSPS) is 38.4. The highest BCUT2D eigenvalue weighted by atomic mass is 32.2. The second-order valence-corrected chi connectivity index (χ2v) is 5.30. The lowest BCUT2D eigenvalue weighted by Crippen LogP contribution is -2.58. The molecule has 0 radical (unpaired) electrons. The van der Waals surface area contributed by atoms with Crippen molar-refractivity contribution in [1.29, 1.82) is 0 Å². The minimum Gasteiger partial charge on any atom is -0.480 e. The molecular weight excluding hydrogens is 202 g/mol. The molecule has 0 aromatic carbocycles. The summed E-state index contributed by atoms with van der Waals surface area (Å²) in [6.07, 6.45) is 2.75. The van der Waals surface area contributed by atoms with E-state index >= 15 is 0 Å². The topological polar surface area (TPSA) is 58.6 Å². The summed E-state index contributed by atoms with van der Waals surface area (Å²) in [4.78, 5) is 10.7. The third-order valence-corrected chi connectivity index (χ3v) is 4.16. The van der Waals surface area contributed by atoms with Crippen LogP contribution in [0.5, 0.6) is 0 Å². The maximum Gasteiger partial charge on any atom is 0.320 e. The number of carboxylic acids is 1. The molecule has 2 aliphatic rings. The van der Waals surface area contributed by atoms with Gasteiger partial charge in [-0.3, -0.25) is 10.1 Å². The van der Waals surface area contributed by atoms with Crippen LogP contribution in [0, 0.1) is 0 Å². The van der Waals surface area contributed by atoms with Crippen LogP contribution < -0.4 is 5.32 Å². The highest BCUT2D eigenvalue weighted by molar-refractivity contribution is 8.00. The van der Waals surface area contributed by atoms with Gasteiger partial charge in [0.25, 0.3) is 0 Å². The lowest BCUT2D eigenvalue weighted by atomic mass is 10.1. The lowest BCUT2D eigenvalue weighted by molar-refractivity contribution is -0.140. The predicted molar refractivity (Wildman–Crippen MR) is 54.4 cm³/mol. The molecule has 0 amide bonds. The van der Waals surface area contributed by atoms with Gasteiger partial charge >= 0.3 is 5.97 Å². The van der Waals surface area contributed by atoms with E-state index in [-0.39, 0.29) is 4.87 Å². The quantitative estimate of drug-likeness (QED) is 0.676. The smallest absolute Gasteiger partial charge is 0.320 e. The molecule has 2 aliphatic heterocycles. The van der Waals surface area contributed by atoms with Gasteiger partial charge in [-0.1, -0.05) is 0 Å². The summed E-state index contributed by atoms with van der Waals surface area (Å²) in [6.45, 7) is 1.45. The Kier molecular flexibility index (Phi) is 2.99. The maximum absolute atomic E-state index is 10.9. The number of thioether (sulfide) groups is 1. The fourth-order valence-corrected chi connectivity index (χ4v) is 3.41. The number of carbonyl (C=O) groups is 1. The van der Waals surface area contributed by atoms with Crippen LogP contribution >= 0.6 is 11.8 Å². The molecule has 2 fully saturated rings. The van der Waals surface area contributed by atoms with Crippen LogP contribution in [0.25, 0.3) is 0 Å². The zero-order chi connectivity index (χ0) is 10.0. The summed E-state index contributed by atoms with van der Waals surface area (Å²) in [6, 6.07) is -0.391. The van der Waals surface area contributed by atoms with Crippen molar-refractivity contribution in [2.45, 2.75) is 30.2 Å². The number of rotatable bonds is 1. The van der Waals surface area contributed by atoms with Crippen LogP contribution in [-0.2, 0) is 9.53 Å². The van der Waals surface area contributed by atoms with E-state index in [0.29, 0.717) is 13.0 Å². The third-order valence-electron chi connectivity index (χ3n) is 2.72. The van der Waals surface area contributed by atoms with Gasteiger partial charge in [0.05, 0.1) is 11.5 Å². The first-order valence-electron chi connectivity index (χ1n) is 4.94. The van der Waals surface area contributed by atoms with Crippen molar-refractivity contribution in [3.63, 3.8) is 0 Å². The second kappa shape index (κ2) is 4.08. The van der Waals surface area contributed by atoms with Crippen LogP contribution in [0.1, 0.15) is 19.3 Å². The molecule has 2 heterocycles. The van der Waals surface area contributed by atoms with Crippen molar-refractivity contribution in [2.24, 2.45) is 0 Å². The van der Waals surface area contributed by atoms with Crippen molar-refractivity contribution in [3.05, 3.63) is 0 Å². The zero-order valence-corrected chi connectivity index (χ0v) is 8.81. The predicted octanol–water partition coefficient (Wildman–Crippen LogP) is 0.673. The van der Waals surface area contributed by atoms with Gasteiger partial charge in [-0.2, -0.15) is 0 Å². The molecule has 2 N–H and O–H groups in total. The fraction of sp³-hybridized carbons (Fsp3) is 0.889. The monoisotopic (exact) mass is 217 g/mol. The standard InChI is InChI=1S/C9H15NO3S/c11-8(12)7-2-5-14-9(10-7)3-1-4-13-6-9/h7,10H,1-6H2,(H,11,12). The van der Waals surface area contributed by atoms with Crippen LogP contribution in [0.4, 0.5) is 0 Å². The largest absolute Gasteiger partial charge is 0.480 e. The first-order valence-corrected chi connectivity index (χ1v) is 5.93. The number of ether oxygens (including phenoxy) is 1. The Hall–Kier alpha value is -0.260. The fourth-order valence-electron chi connectivity index (χ4n) is 1.99. The summed E-state index contributed by atoms with van der Waals surface area (Å²) in [7, 11) is 0. The Labute approximate surface area is 87.4 Å². The number of nitrogens with one attached hydrogen (secondary N) is 1. The van der Waals surface area contributed by atoms with Gasteiger partial charge in [-0.15, -0.1) is 11.8 Å². The summed E-state index contributed by atoms with van der Waals surface area (Å²) in [5.41, 5.74) is 0. The summed E-state index contributed by atoms with van der Waals surface area (Å²) in [5.74, 6) is 0.170. The van der Waals surface area contributed by atoms with Crippen LogP contribution in [0.2, 0.25) is 0 Å². The number of hydrogen-bond donors (Lipinski definition) is 2. The molecule has 2 atom stereocenters. The number of aliphatic carboxylic acids is 1. The van der Waals surface area contributed by atoms with Crippen molar-refractivity contribution in [2.75, 3.05) is 19.0 Å². The van der Waals surface area contributed by atoms with E-state index < -0.39 is 12.0 Å².